The minimum absolute atomic E-state index is 1.02. The van der Waals surface area contributed by atoms with E-state index in [9.17, 15) is 0 Å². The molecule has 0 aromatic rings. The molecule has 0 radical (unpaired) electrons. The molecule has 0 aliphatic carbocycles. The summed E-state index contributed by atoms with van der Waals surface area (Å²) < 4.78 is 0. The van der Waals surface area contributed by atoms with Crippen molar-refractivity contribution >= 4 is 22.4 Å². The Balaban J connectivity index is 3.33. The highest BCUT2D eigenvalue weighted by atomic mass is 28.3. The lowest BCUT2D eigenvalue weighted by atomic mass is 10.1. The monoisotopic (exact) mass is 351 g/mol. The van der Waals surface area contributed by atoms with Crippen LogP contribution in [0.5, 0.6) is 0 Å². The van der Waals surface area contributed by atoms with E-state index in [-0.39, 0.29) is 0 Å². The highest BCUT2D eigenvalue weighted by molar-refractivity contribution is 6.84. The van der Waals surface area contributed by atoms with Crippen molar-refractivity contribution in [3.63, 3.8) is 0 Å². The van der Waals surface area contributed by atoms with Crippen LogP contribution < -0.4 is 0 Å². The summed E-state index contributed by atoms with van der Waals surface area (Å²) in [5, 5.41) is 0. The fourth-order valence-electron chi connectivity index (χ4n) is 2.42. The van der Waals surface area contributed by atoms with E-state index in [0.29, 0.717) is 0 Å². The minimum atomic E-state index is -1.18. The van der Waals surface area contributed by atoms with Crippen molar-refractivity contribution in [3.05, 3.63) is 24.6 Å². The Hall–Kier alpha value is -0.416. The summed E-state index contributed by atoms with van der Waals surface area (Å²) >= 11 is 0. The van der Waals surface area contributed by atoms with Gasteiger partial charge in [0.05, 0.1) is 16.1 Å². The van der Waals surface area contributed by atoms with Gasteiger partial charge in [-0.15, -0.1) is 24.6 Å². The second-order valence-electron chi connectivity index (χ2n) is 8.26. The van der Waals surface area contributed by atoms with Gasteiger partial charge in [0.25, 0.3) is 0 Å². The molecule has 0 aromatic heterocycles. The van der Waals surface area contributed by atoms with Gasteiger partial charge in [0, 0.05) is 6.54 Å². The first-order chi connectivity index (χ1) is 10.8. The van der Waals surface area contributed by atoms with Crippen LogP contribution in [-0.2, 0) is 0 Å². The number of hydrogen-bond donors (Lipinski definition) is 0. The molecule has 0 unspecified atom stereocenters. The molecule has 0 bridgehead atoms. The van der Waals surface area contributed by atoms with Crippen molar-refractivity contribution in [1.82, 2.24) is 0 Å². The minimum Gasteiger partial charge on any atom is -0.298 e. The number of rotatable bonds is 15. The van der Waals surface area contributed by atoms with Crippen LogP contribution in [0.2, 0.25) is 38.3 Å². The molecule has 0 atom stereocenters. The molecule has 0 N–H and O–H groups in total. The molecular formula is C20H41NSi2. The smallest absolute Gasteiger partial charge is 0.0761 e. The highest BCUT2D eigenvalue weighted by Gasteiger charge is 2.14. The van der Waals surface area contributed by atoms with Gasteiger partial charge in [0.2, 0.25) is 0 Å². The molecule has 0 spiro atoms. The van der Waals surface area contributed by atoms with E-state index in [1.165, 1.54) is 57.4 Å². The predicted molar refractivity (Wildman–Crippen MR) is 115 cm³/mol. The maximum atomic E-state index is 4.55. The van der Waals surface area contributed by atoms with Crippen LogP contribution in [0.1, 0.15) is 51.4 Å². The molecule has 1 nitrogen and oxygen atoms in total. The summed E-state index contributed by atoms with van der Waals surface area (Å²) in [6.45, 7) is 18.4. The van der Waals surface area contributed by atoms with Gasteiger partial charge in [0.1, 0.15) is 0 Å². The third-order valence-corrected chi connectivity index (χ3v) is 9.80. The largest absolute Gasteiger partial charge is 0.298 e. The van der Waals surface area contributed by atoms with E-state index < -0.39 is 16.1 Å². The van der Waals surface area contributed by atoms with Crippen LogP contribution >= 0.6 is 0 Å². The van der Waals surface area contributed by atoms with Crippen LogP contribution in [0.3, 0.4) is 0 Å². The first-order valence-electron chi connectivity index (χ1n) is 9.58. The highest BCUT2D eigenvalue weighted by Crippen LogP contribution is 2.17. The zero-order valence-electron chi connectivity index (χ0n) is 16.4. The van der Waals surface area contributed by atoms with E-state index in [2.05, 4.69) is 62.0 Å². The quantitative estimate of drug-likeness (QED) is 0.170. The Kier molecular flexibility index (Phi) is 12.7. The summed E-state index contributed by atoms with van der Waals surface area (Å²) in [6, 6.07) is 2.56. The van der Waals surface area contributed by atoms with Gasteiger partial charge >= 0.3 is 0 Å². The van der Waals surface area contributed by atoms with Crippen LogP contribution in [0.15, 0.2) is 29.5 Å². The maximum Gasteiger partial charge on any atom is 0.0761 e. The average molecular weight is 352 g/mol. The van der Waals surface area contributed by atoms with Gasteiger partial charge in [-0.25, -0.2) is 0 Å². The van der Waals surface area contributed by atoms with Gasteiger partial charge < -0.3 is 0 Å². The van der Waals surface area contributed by atoms with Gasteiger partial charge in [-0.1, -0.05) is 77.2 Å². The van der Waals surface area contributed by atoms with Gasteiger partial charge in [0.15, 0.2) is 0 Å². The standard InChI is InChI=1S/C20H41NSi2/c1-7-22(3,4)19-16-14-12-10-9-11-13-15-17-21-18-20-23(5,6)8-2/h7-8,18H,1-2,9-17,19-20H2,3-6H3. The van der Waals surface area contributed by atoms with Crippen LogP contribution in [0.25, 0.3) is 0 Å². The Morgan fingerprint density at radius 1 is 0.696 bits per heavy atom. The zero-order valence-corrected chi connectivity index (χ0v) is 18.4. The Labute approximate surface area is 148 Å². The second-order valence-corrected chi connectivity index (χ2v) is 17.9. The molecule has 0 aliphatic heterocycles. The van der Waals surface area contributed by atoms with Crippen molar-refractivity contribution in [3.8, 4) is 0 Å². The lowest BCUT2D eigenvalue weighted by Gasteiger charge is -2.16. The van der Waals surface area contributed by atoms with Crippen molar-refractivity contribution in [2.24, 2.45) is 4.99 Å². The van der Waals surface area contributed by atoms with Gasteiger partial charge in [-0.2, -0.15) is 0 Å². The fourth-order valence-corrected chi connectivity index (χ4v) is 4.55. The molecule has 134 valence electrons. The molecule has 23 heavy (non-hydrogen) atoms. The maximum absolute atomic E-state index is 4.55. The summed E-state index contributed by atoms with van der Waals surface area (Å²) in [4.78, 5) is 4.55. The predicted octanol–water partition coefficient (Wildman–Crippen LogP) is 7.05. The first-order valence-corrected chi connectivity index (χ1v) is 16.2. The topological polar surface area (TPSA) is 12.4 Å². The fraction of sp³-hybridized carbons (Fsp3) is 0.750. The number of aliphatic imine (C=N–C) groups is 1. The number of unbranched alkanes of at least 4 members (excludes halogenated alkanes) is 7. The van der Waals surface area contributed by atoms with Crippen molar-refractivity contribution in [1.29, 1.82) is 0 Å². The number of nitrogens with zero attached hydrogens (tertiary/aromatic N) is 1. The molecule has 0 aliphatic rings. The Bertz CT molecular complexity index is 346. The molecule has 0 heterocycles. The molecule has 0 amide bonds. The van der Waals surface area contributed by atoms with E-state index in [0.717, 1.165) is 12.6 Å². The molecule has 0 saturated carbocycles. The van der Waals surface area contributed by atoms with E-state index in [1.54, 1.807) is 0 Å². The van der Waals surface area contributed by atoms with E-state index in [1.807, 2.05) is 0 Å². The van der Waals surface area contributed by atoms with Crippen LogP contribution in [0, 0.1) is 0 Å². The summed E-state index contributed by atoms with van der Waals surface area (Å²) in [7, 11) is -2.22. The number of hydrogen-bond acceptors (Lipinski definition) is 1. The normalized spacial score (nSPS) is 12.7. The Morgan fingerprint density at radius 2 is 1.17 bits per heavy atom. The van der Waals surface area contributed by atoms with Crippen LogP contribution in [-0.4, -0.2) is 28.9 Å². The zero-order chi connectivity index (χ0) is 17.6. The Morgan fingerprint density at radius 3 is 1.70 bits per heavy atom. The molecule has 3 heteroatoms. The SMILES string of the molecule is C=C[Si](C)(C)CC=NCCCCCCCCCC[Si](C)(C)C=C. The molecule has 0 aromatic carbocycles. The third kappa shape index (κ3) is 14.9. The lowest BCUT2D eigenvalue weighted by Crippen LogP contribution is -2.21. The van der Waals surface area contributed by atoms with Crippen molar-refractivity contribution in [2.45, 2.75) is 89.6 Å². The van der Waals surface area contributed by atoms with Gasteiger partial charge in [-0.3, -0.25) is 4.99 Å². The first kappa shape index (κ1) is 22.6. The summed E-state index contributed by atoms with van der Waals surface area (Å²) in [5.41, 5.74) is 4.38. The van der Waals surface area contributed by atoms with Crippen molar-refractivity contribution in [2.75, 3.05) is 6.54 Å². The van der Waals surface area contributed by atoms with Crippen LogP contribution in [0.4, 0.5) is 0 Å². The second kappa shape index (κ2) is 12.9. The van der Waals surface area contributed by atoms with Crippen molar-refractivity contribution < 1.29 is 0 Å². The lowest BCUT2D eigenvalue weighted by molar-refractivity contribution is 0.577. The third-order valence-electron chi connectivity index (χ3n) is 4.71. The van der Waals surface area contributed by atoms with E-state index >= 15 is 0 Å². The van der Waals surface area contributed by atoms with Gasteiger partial charge in [-0.05, 0) is 18.7 Å². The average Bonchev–Trinajstić information content (AvgIpc) is 2.51. The molecular weight excluding hydrogens is 310 g/mol. The molecule has 0 rings (SSSR count). The molecule has 0 fully saturated rings. The summed E-state index contributed by atoms with van der Waals surface area (Å²) in [5.74, 6) is 0. The summed E-state index contributed by atoms with van der Waals surface area (Å²) in [6.07, 6.45) is 13.2. The molecule has 0 saturated heterocycles. The van der Waals surface area contributed by atoms with E-state index in [4.69, 9.17) is 0 Å².